The quantitative estimate of drug-likeness (QED) is 0.467. The number of halogens is 2. The van der Waals surface area contributed by atoms with Gasteiger partial charge in [-0.05, 0) is 18.2 Å². The van der Waals surface area contributed by atoms with E-state index in [0.717, 1.165) is 4.70 Å². The van der Waals surface area contributed by atoms with Gasteiger partial charge in [0.2, 0.25) is 0 Å². The van der Waals surface area contributed by atoms with Gasteiger partial charge in [0.1, 0.15) is 0 Å². The van der Waals surface area contributed by atoms with Crippen molar-refractivity contribution in [2.75, 3.05) is 0 Å². The molecule has 0 unspecified atom stereocenters. The monoisotopic (exact) mass is 400 g/mol. The van der Waals surface area contributed by atoms with E-state index in [-0.39, 0.29) is 21.3 Å². The number of fused-ring (bicyclic) bond motifs is 1. The minimum absolute atomic E-state index is 0.149. The molecule has 0 saturated carbocycles. The van der Waals surface area contributed by atoms with Gasteiger partial charge in [0, 0.05) is 12.1 Å². The highest BCUT2D eigenvalue weighted by atomic mass is 35.5. The lowest BCUT2D eigenvalue weighted by Gasteiger charge is -2.04. The van der Waals surface area contributed by atoms with Crippen molar-refractivity contribution in [3.8, 4) is 0 Å². The molecular formula is C14H6Cl2N2O4S2. The molecule has 0 bridgehead atoms. The summed E-state index contributed by atoms with van der Waals surface area (Å²) in [6.45, 7) is 0. The molecule has 3 aromatic rings. The Morgan fingerprint density at radius 3 is 2.50 bits per heavy atom. The summed E-state index contributed by atoms with van der Waals surface area (Å²) in [6.07, 6.45) is 0. The maximum atomic E-state index is 11.0. The lowest BCUT2D eigenvalue weighted by Crippen LogP contribution is -1.94. The molecule has 1 aromatic heterocycles. The topological polar surface area (TPSA) is 93.3 Å². The first-order chi connectivity index (χ1) is 11.3. The molecule has 24 heavy (non-hydrogen) atoms. The smallest absolute Gasteiger partial charge is 0.335 e. The lowest BCUT2D eigenvalue weighted by molar-refractivity contribution is -0.384. The molecule has 3 rings (SSSR count). The summed E-state index contributed by atoms with van der Waals surface area (Å²) in [5.41, 5.74) is 0.511. The fourth-order valence-corrected chi connectivity index (χ4v) is 4.62. The Kier molecular flexibility index (Phi) is 4.64. The number of non-ortho nitro benzene ring substituents is 1. The maximum Gasteiger partial charge on any atom is 0.335 e. The van der Waals surface area contributed by atoms with Gasteiger partial charge in [-0.3, -0.25) is 10.1 Å². The Morgan fingerprint density at radius 1 is 1.25 bits per heavy atom. The highest BCUT2D eigenvalue weighted by Crippen LogP contribution is 2.43. The van der Waals surface area contributed by atoms with E-state index in [2.05, 4.69) is 4.98 Å². The molecule has 0 atom stereocenters. The predicted octanol–water partition coefficient (Wildman–Crippen LogP) is 5.36. The van der Waals surface area contributed by atoms with Gasteiger partial charge < -0.3 is 5.11 Å². The van der Waals surface area contributed by atoms with Crippen LogP contribution in [0.2, 0.25) is 10.0 Å². The molecule has 0 fully saturated rings. The molecular weight excluding hydrogens is 395 g/mol. The van der Waals surface area contributed by atoms with Crippen LogP contribution in [0.1, 0.15) is 10.4 Å². The van der Waals surface area contributed by atoms with Crippen LogP contribution in [-0.2, 0) is 0 Å². The fraction of sp³-hybridized carbons (Fsp3) is 0. The van der Waals surface area contributed by atoms with Crippen molar-refractivity contribution in [2.24, 2.45) is 0 Å². The summed E-state index contributed by atoms with van der Waals surface area (Å²) < 4.78 is 1.42. The molecule has 6 nitrogen and oxygen atoms in total. The number of nitro benzene ring substituents is 1. The van der Waals surface area contributed by atoms with Crippen molar-refractivity contribution < 1.29 is 14.8 Å². The zero-order valence-corrected chi connectivity index (χ0v) is 14.7. The van der Waals surface area contributed by atoms with Crippen LogP contribution in [-0.4, -0.2) is 21.0 Å². The van der Waals surface area contributed by atoms with Crippen molar-refractivity contribution in [1.82, 2.24) is 4.98 Å². The minimum Gasteiger partial charge on any atom is -0.478 e. The molecule has 0 aliphatic heterocycles. The summed E-state index contributed by atoms with van der Waals surface area (Å²) in [7, 11) is 0. The van der Waals surface area contributed by atoms with E-state index in [1.54, 1.807) is 6.07 Å². The second-order valence-electron chi connectivity index (χ2n) is 4.57. The third-order valence-electron chi connectivity index (χ3n) is 3.00. The fourth-order valence-electron chi connectivity index (χ4n) is 1.92. The summed E-state index contributed by atoms with van der Waals surface area (Å²) in [4.78, 5) is 26.0. The first kappa shape index (κ1) is 17.0. The van der Waals surface area contributed by atoms with Crippen LogP contribution in [0.4, 0.5) is 5.69 Å². The predicted molar refractivity (Wildman–Crippen MR) is 93.8 cm³/mol. The molecule has 1 N–H and O–H groups in total. The average Bonchev–Trinajstić information content (AvgIpc) is 2.91. The first-order valence-electron chi connectivity index (χ1n) is 6.30. The number of benzene rings is 2. The Bertz CT molecular complexity index is 967. The number of carboxylic acids is 1. The number of carboxylic acid groups (broad SMARTS) is 1. The Morgan fingerprint density at radius 2 is 1.92 bits per heavy atom. The maximum absolute atomic E-state index is 11.0. The van der Waals surface area contributed by atoms with Gasteiger partial charge in [-0.25, -0.2) is 9.78 Å². The van der Waals surface area contributed by atoms with Gasteiger partial charge >= 0.3 is 5.97 Å². The number of aromatic carboxylic acids is 1. The van der Waals surface area contributed by atoms with Crippen molar-refractivity contribution >= 4 is 68.2 Å². The number of hydrogen-bond donors (Lipinski definition) is 1. The number of nitro groups is 1. The highest BCUT2D eigenvalue weighted by molar-refractivity contribution is 8.01. The van der Waals surface area contributed by atoms with Gasteiger partial charge in [-0.1, -0.05) is 35.0 Å². The van der Waals surface area contributed by atoms with E-state index in [9.17, 15) is 14.9 Å². The molecule has 0 aliphatic rings. The Balaban J connectivity index is 1.98. The number of nitrogens with zero attached hydrogens (tertiary/aromatic N) is 2. The molecule has 0 spiro atoms. The Hall–Kier alpha value is -1.87. The number of thiazole rings is 1. The van der Waals surface area contributed by atoms with E-state index in [4.69, 9.17) is 28.3 Å². The van der Waals surface area contributed by atoms with Crippen molar-refractivity contribution in [3.05, 3.63) is 56.1 Å². The molecule has 0 saturated heterocycles. The van der Waals surface area contributed by atoms with Gasteiger partial charge in [0.25, 0.3) is 5.69 Å². The molecule has 0 radical (unpaired) electrons. The van der Waals surface area contributed by atoms with Crippen LogP contribution in [0.15, 0.2) is 39.6 Å². The number of hydrogen-bond acceptors (Lipinski definition) is 6. The second kappa shape index (κ2) is 6.56. The van der Waals surface area contributed by atoms with Gasteiger partial charge in [-0.2, -0.15) is 0 Å². The van der Waals surface area contributed by atoms with E-state index in [1.165, 1.54) is 47.4 Å². The lowest BCUT2D eigenvalue weighted by atomic mass is 10.2. The van der Waals surface area contributed by atoms with E-state index in [0.29, 0.717) is 14.8 Å². The third kappa shape index (κ3) is 3.32. The molecule has 0 aliphatic carbocycles. The van der Waals surface area contributed by atoms with E-state index < -0.39 is 10.9 Å². The largest absolute Gasteiger partial charge is 0.478 e. The SMILES string of the molecule is O=C(O)c1ccc2sc(Sc3c(Cl)cc([N+](=O)[O-])cc3Cl)nc2c1. The van der Waals surface area contributed by atoms with Crippen LogP contribution >= 0.6 is 46.3 Å². The highest BCUT2D eigenvalue weighted by Gasteiger charge is 2.17. The minimum atomic E-state index is -1.03. The van der Waals surface area contributed by atoms with Crippen LogP contribution in [0.3, 0.4) is 0 Å². The molecule has 10 heteroatoms. The van der Waals surface area contributed by atoms with Crippen molar-refractivity contribution in [3.63, 3.8) is 0 Å². The van der Waals surface area contributed by atoms with Crippen LogP contribution in [0.5, 0.6) is 0 Å². The van der Waals surface area contributed by atoms with Crippen molar-refractivity contribution in [1.29, 1.82) is 0 Å². The Labute approximate surface area is 153 Å². The number of rotatable bonds is 4. The summed E-state index contributed by atoms with van der Waals surface area (Å²) in [6, 6.07) is 7.12. The van der Waals surface area contributed by atoms with Gasteiger partial charge in [0.15, 0.2) is 4.34 Å². The third-order valence-corrected chi connectivity index (χ3v) is 6.06. The summed E-state index contributed by atoms with van der Waals surface area (Å²) in [5.74, 6) is -1.03. The zero-order chi connectivity index (χ0) is 17.4. The van der Waals surface area contributed by atoms with Gasteiger partial charge in [-0.15, -0.1) is 11.3 Å². The standard InChI is InChI=1S/C14H6Cl2N2O4S2/c15-8-4-7(18(21)22)5-9(16)12(8)24-14-17-10-3-6(13(19)20)1-2-11(10)23-14/h1-5H,(H,19,20). The van der Waals surface area contributed by atoms with Crippen molar-refractivity contribution in [2.45, 2.75) is 9.24 Å². The van der Waals surface area contributed by atoms with E-state index in [1.807, 2.05) is 0 Å². The first-order valence-corrected chi connectivity index (χ1v) is 8.69. The number of aromatic nitrogens is 1. The van der Waals surface area contributed by atoms with Crippen LogP contribution in [0, 0.1) is 10.1 Å². The van der Waals surface area contributed by atoms with Crippen LogP contribution < -0.4 is 0 Å². The molecule has 122 valence electrons. The summed E-state index contributed by atoms with van der Waals surface area (Å²) in [5, 5.41) is 20.1. The average molecular weight is 401 g/mol. The molecule has 1 heterocycles. The normalized spacial score (nSPS) is 10.9. The molecule has 0 amide bonds. The summed E-state index contributed by atoms with van der Waals surface area (Å²) >= 11 is 14.7. The van der Waals surface area contributed by atoms with E-state index >= 15 is 0 Å². The zero-order valence-electron chi connectivity index (χ0n) is 11.5. The van der Waals surface area contributed by atoms with Crippen LogP contribution in [0.25, 0.3) is 10.2 Å². The number of carbonyl (C=O) groups is 1. The van der Waals surface area contributed by atoms with Gasteiger partial charge in [0.05, 0.1) is 35.6 Å². The molecule has 2 aromatic carbocycles. The second-order valence-corrected chi connectivity index (χ2v) is 7.67.